The molecule has 6 rings (SSSR count). The minimum atomic E-state index is -1.08. The molecule has 1 saturated heterocycles. The normalized spacial score (nSPS) is 47.2. The average molecular weight is 645 g/mol. The van der Waals surface area contributed by atoms with E-state index in [1.165, 1.54) is 5.57 Å². The molecule has 0 amide bonds. The molecular weight excluding hydrogens is 588 g/mol. The zero-order valence-corrected chi connectivity index (χ0v) is 28.4. The van der Waals surface area contributed by atoms with E-state index >= 15 is 0 Å². The summed E-state index contributed by atoms with van der Waals surface area (Å²) >= 11 is 0. The Bertz CT molecular complexity index is 1240. The Hall–Kier alpha value is -1.85. The zero-order chi connectivity index (χ0) is 33.2. The molecule has 1 heterocycles. The predicted octanol–water partition coefficient (Wildman–Crippen LogP) is 4.65. The molecule has 0 bridgehead atoms. The molecule has 258 valence electrons. The fourth-order valence-electron chi connectivity index (χ4n) is 11.8. The molecule has 0 aromatic heterocycles. The van der Waals surface area contributed by atoms with Gasteiger partial charge in [-0.25, -0.2) is 4.79 Å². The maximum atomic E-state index is 14.4. The number of fused-ring (bicyclic) bond motifs is 7. The molecule has 4 N–H and O–H groups in total. The molecule has 5 aliphatic carbocycles. The fraction of sp³-hybridized carbons (Fsp3) is 0.861. The van der Waals surface area contributed by atoms with Crippen LogP contribution in [0.5, 0.6) is 0 Å². The third-order valence-electron chi connectivity index (χ3n) is 14.2. The summed E-state index contributed by atoms with van der Waals surface area (Å²) < 4.78 is 5.73. The van der Waals surface area contributed by atoms with Crippen molar-refractivity contribution in [1.29, 1.82) is 0 Å². The Morgan fingerprint density at radius 3 is 2.39 bits per heavy atom. The maximum absolute atomic E-state index is 14.4. The highest BCUT2D eigenvalue weighted by Gasteiger charge is 2.65. The second-order valence-corrected chi connectivity index (χ2v) is 16.6. The van der Waals surface area contributed by atoms with E-state index in [0.29, 0.717) is 49.7 Å². The highest BCUT2D eigenvalue weighted by atomic mass is 16.7. The first-order chi connectivity index (χ1) is 21.7. The maximum Gasteiger partial charge on any atom is 0.333 e. The first-order valence-corrected chi connectivity index (χ1v) is 17.8. The lowest BCUT2D eigenvalue weighted by Gasteiger charge is -2.65. The summed E-state index contributed by atoms with van der Waals surface area (Å²) in [5.41, 5.74) is 1.19. The number of hydrogen-bond donors (Lipinski definition) is 4. The summed E-state index contributed by atoms with van der Waals surface area (Å²) in [7, 11) is 1.54. The number of ketones is 1. The van der Waals surface area contributed by atoms with Crippen molar-refractivity contribution in [3.05, 3.63) is 11.6 Å². The van der Waals surface area contributed by atoms with Gasteiger partial charge in [-0.2, -0.15) is 5.06 Å². The quantitative estimate of drug-likeness (QED) is 0.276. The van der Waals surface area contributed by atoms with Crippen LogP contribution in [0.1, 0.15) is 98.3 Å². The van der Waals surface area contributed by atoms with E-state index in [-0.39, 0.29) is 46.2 Å². The number of carbonyl (C=O) groups is 3. The largest absolute Gasteiger partial charge is 0.481 e. The Labute approximate surface area is 273 Å². The van der Waals surface area contributed by atoms with Gasteiger partial charge >= 0.3 is 11.9 Å². The summed E-state index contributed by atoms with van der Waals surface area (Å²) in [5, 5.41) is 34.9. The van der Waals surface area contributed by atoms with Gasteiger partial charge in [-0.05, 0) is 104 Å². The van der Waals surface area contributed by atoms with Crippen LogP contribution in [0.2, 0.25) is 0 Å². The first kappa shape index (κ1) is 34.0. The SMILES string of the molecule is CON(CCNC1CCC2(C)C(CCC3(C)C4CCC5(C)CCC(C(=O)O)CC5C4=CC(=O)C32)C1C)C1CC(O)CC(C(=O)O)O1. The number of hydrogen-bond acceptors (Lipinski definition) is 8. The minimum absolute atomic E-state index is 0.0137. The summed E-state index contributed by atoms with van der Waals surface area (Å²) in [5.74, 6) is -0.464. The number of hydroxylamine groups is 2. The molecule has 10 nitrogen and oxygen atoms in total. The van der Waals surface area contributed by atoms with Gasteiger partial charge < -0.3 is 25.4 Å². The number of carbonyl (C=O) groups excluding carboxylic acids is 1. The number of nitrogens with one attached hydrogen (secondary N) is 1. The highest BCUT2D eigenvalue weighted by Crippen LogP contribution is 2.69. The van der Waals surface area contributed by atoms with Crippen LogP contribution in [0.3, 0.4) is 0 Å². The molecule has 0 radical (unpaired) electrons. The van der Waals surface area contributed by atoms with Crippen LogP contribution in [0, 0.1) is 51.8 Å². The second kappa shape index (κ2) is 12.6. The summed E-state index contributed by atoms with van der Waals surface area (Å²) in [6, 6.07) is 0.293. The smallest absolute Gasteiger partial charge is 0.333 e. The topological polar surface area (TPSA) is 146 Å². The number of nitrogens with zero attached hydrogens (tertiary/aromatic N) is 1. The molecule has 4 saturated carbocycles. The van der Waals surface area contributed by atoms with Crippen LogP contribution in [0.25, 0.3) is 0 Å². The number of aliphatic carboxylic acids is 2. The van der Waals surface area contributed by atoms with Crippen LogP contribution in [-0.4, -0.2) is 82.8 Å². The van der Waals surface area contributed by atoms with Gasteiger partial charge in [-0.3, -0.25) is 14.4 Å². The van der Waals surface area contributed by atoms with E-state index in [1.807, 2.05) is 6.08 Å². The van der Waals surface area contributed by atoms with Gasteiger partial charge in [-0.1, -0.05) is 33.3 Å². The van der Waals surface area contributed by atoms with Crippen molar-refractivity contribution in [2.24, 2.45) is 51.8 Å². The Kier molecular flexibility index (Phi) is 9.29. The van der Waals surface area contributed by atoms with Gasteiger partial charge in [-0.15, -0.1) is 0 Å². The lowest BCUT2D eigenvalue weighted by atomic mass is 9.38. The standard InChI is InChI=1S/C36H56N2O8/c1-20-24-8-12-36(4)25-7-11-34(2)10-6-21(32(41)42)16-26(34)23(25)19-28(40)31(36)35(24,3)13-9-27(20)37-14-15-38(45-5)30-18-22(39)17-29(46-30)33(43)44/h19-22,24-27,29-31,37,39H,6-18H2,1-5H3,(H,41,42)(H,43,44). The fourth-order valence-corrected chi connectivity index (χ4v) is 11.8. The van der Waals surface area contributed by atoms with Crippen molar-refractivity contribution in [2.75, 3.05) is 20.2 Å². The molecule has 1 aliphatic heterocycles. The third kappa shape index (κ3) is 5.67. The van der Waals surface area contributed by atoms with E-state index in [0.717, 1.165) is 51.4 Å². The predicted molar refractivity (Wildman–Crippen MR) is 170 cm³/mol. The average Bonchev–Trinajstić information content (AvgIpc) is 2.99. The Morgan fingerprint density at radius 1 is 0.978 bits per heavy atom. The van der Waals surface area contributed by atoms with Crippen molar-refractivity contribution >= 4 is 17.7 Å². The second-order valence-electron chi connectivity index (χ2n) is 16.6. The van der Waals surface area contributed by atoms with Crippen LogP contribution in [0.4, 0.5) is 0 Å². The lowest BCUT2D eigenvalue weighted by Crippen LogP contribution is -2.63. The number of aliphatic hydroxyl groups is 1. The third-order valence-corrected chi connectivity index (χ3v) is 14.2. The zero-order valence-electron chi connectivity index (χ0n) is 28.4. The van der Waals surface area contributed by atoms with Gasteiger partial charge in [0.15, 0.2) is 11.9 Å². The van der Waals surface area contributed by atoms with Crippen LogP contribution in [0.15, 0.2) is 11.6 Å². The summed E-state index contributed by atoms with van der Waals surface area (Å²) in [6.07, 6.45) is 8.58. The van der Waals surface area contributed by atoms with Gasteiger partial charge in [0.2, 0.25) is 0 Å². The van der Waals surface area contributed by atoms with E-state index in [1.54, 1.807) is 12.2 Å². The molecule has 10 heteroatoms. The highest BCUT2D eigenvalue weighted by molar-refractivity contribution is 5.95. The molecular formula is C36H56N2O8. The molecule has 0 spiro atoms. The number of rotatable bonds is 8. The van der Waals surface area contributed by atoms with E-state index in [9.17, 15) is 29.7 Å². The Balaban J connectivity index is 1.14. The van der Waals surface area contributed by atoms with E-state index in [4.69, 9.17) is 9.57 Å². The summed E-state index contributed by atoms with van der Waals surface area (Å²) in [6.45, 7) is 10.6. The van der Waals surface area contributed by atoms with Crippen molar-refractivity contribution in [2.45, 2.75) is 123 Å². The van der Waals surface area contributed by atoms with Gasteiger partial charge in [0.1, 0.15) is 6.23 Å². The van der Waals surface area contributed by atoms with Gasteiger partial charge in [0, 0.05) is 37.9 Å². The van der Waals surface area contributed by atoms with E-state index < -0.39 is 30.4 Å². The minimum Gasteiger partial charge on any atom is -0.481 e. The monoisotopic (exact) mass is 644 g/mol. The summed E-state index contributed by atoms with van der Waals surface area (Å²) in [4.78, 5) is 43.4. The molecule has 0 aromatic rings. The van der Waals surface area contributed by atoms with Crippen molar-refractivity contribution in [1.82, 2.24) is 10.4 Å². The molecule has 6 aliphatic rings. The molecule has 46 heavy (non-hydrogen) atoms. The van der Waals surface area contributed by atoms with Crippen LogP contribution < -0.4 is 5.32 Å². The Morgan fingerprint density at radius 2 is 1.70 bits per heavy atom. The number of carboxylic acid groups (broad SMARTS) is 2. The number of ether oxygens (including phenoxy) is 1. The van der Waals surface area contributed by atoms with Crippen LogP contribution in [-0.2, 0) is 24.0 Å². The molecule has 5 fully saturated rings. The molecule has 0 aromatic carbocycles. The number of aliphatic hydroxyl groups excluding tert-OH is 1. The first-order valence-electron chi connectivity index (χ1n) is 17.8. The van der Waals surface area contributed by atoms with Crippen molar-refractivity contribution in [3.8, 4) is 0 Å². The van der Waals surface area contributed by atoms with Gasteiger partial charge in [0.05, 0.1) is 19.1 Å². The van der Waals surface area contributed by atoms with E-state index in [2.05, 4.69) is 33.0 Å². The number of allylic oxidation sites excluding steroid dienone is 2. The van der Waals surface area contributed by atoms with Gasteiger partial charge in [0.25, 0.3) is 0 Å². The van der Waals surface area contributed by atoms with Crippen LogP contribution >= 0.6 is 0 Å². The van der Waals surface area contributed by atoms with Crippen molar-refractivity contribution < 1.29 is 39.3 Å². The molecule has 13 atom stereocenters. The molecule has 13 unspecified atom stereocenters. The lowest BCUT2D eigenvalue weighted by molar-refractivity contribution is -0.271. The van der Waals surface area contributed by atoms with Crippen molar-refractivity contribution in [3.63, 3.8) is 0 Å². The number of carboxylic acids is 2.